The van der Waals surface area contributed by atoms with Crippen LogP contribution in [0.25, 0.3) is 0 Å². The van der Waals surface area contributed by atoms with Crippen LogP contribution in [0.2, 0.25) is 0 Å². The van der Waals surface area contributed by atoms with Crippen LogP contribution in [0.5, 0.6) is 0 Å². The number of rotatable bonds is 6. The largest absolute Gasteiger partial charge is 0.375 e. The summed E-state index contributed by atoms with van der Waals surface area (Å²) >= 11 is 1.40. The molecular weight excluding hydrogens is 343 g/mol. The van der Waals surface area contributed by atoms with E-state index in [1.54, 1.807) is 12.1 Å². The predicted molar refractivity (Wildman–Crippen MR) is 94.7 cm³/mol. The van der Waals surface area contributed by atoms with Crippen molar-refractivity contribution >= 4 is 34.0 Å². The summed E-state index contributed by atoms with van der Waals surface area (Å²) in [5.41, 5.74) is 6.98. The van der Waals surface area contributed by atoms with E-state index in [2.05, 4.69) is 10.3 Å². The molecule has 0 unspecified atom stereocenters. The molecule has 0 bridgehead atoms. The average Bonchev–Trinajstić information content (AvgIpc) is 3.17. The maximum Gasteiger partial charge on any atom is 0.227 e. The van der Waals surface area contributed by atoms with Gasteiger partial charge in [0.2, 0.25) is 11.8 Å². The maximum absolute atomic E-state index is 13.3. The van der Waals surface area contributed by atoms with Gasteiger partial charge in [-0.15, -0.1) is 11.3 Å². The van der Waals surface area contributed by atoms with Crippen molar-refractivity contribution in [1.29, 1.82) is 0 Å². The molecule has 1 atom stereocenters. The molecule has 3 rings (SSSR count). The van der Waals surface area contributed by atoms with Crippen LogP contribution in [0.3, 0.4) is 0 Å². The van der Waals surface area contributed by atoms with Crippen LogP contribution in [-0.4, -0.2) is 29.9 Å². The molecule has 0 radical (unpaired) electrons. The number of thiazole rings is 1. The number of carbonyl (C=O) groups is 2. The fourth-order valence-corrected chi connectivity index (χ4v) is 3.44. The van der Waals surface area contributed by atoms with E-state index in [-0.39, 0.29) is 24.8 Å². The van der Waals surface area contributed by atoms with E-state index in [1.807, 2.05) is 5.38 Å². The van der Waals surface area contributed by atoms with Gasteiger partial charge >= 0.3 is 0 Å². The Bertz CT molecular complexity index is 780. The van der Waals surface area contributed by atoms with Crippen LogP contribution in [0, 0.1) is 11.7 Å². The molecule has 2 aromatic rings. The maximum atomic E-state index is 13.3. The highest BCUT2D eigenvalue weighted by Gasteiger charge is 2.35. The second-order valence-electron chi connectivity index (χ2n) is 5.96. The minimum atomic E-state index is -0.411. The van der Waals surface area contributed by atoms with Crippen molar-refractivity contribution in [2.24, 2.45) is 5.92 Å². The molecule has 25 heavy (non-hydrogen) atoms. The molecule has 1 aliphatic heterocycles. The Morgan fingerprint density at radius 1 is 1.48 bits per heavy atom. The number of aryl methyl sites for hydroxylation is 1. The second kappa shape index (κ2) is 7.60. The number of nitrogens with zero attached hydrogens (tertiary/aromatic N) is 2. The minimum absolute atomic E-state index is 0.144. The molecule has 8 heteroatoms. The minimum Gasteiger partial charge on any atom is -0.375 e. The number of hydrogen-bond donors (Lipinski definition) is 2. The quantitative estimate of drug-likeness (QED) is 0.769. The molecule has 0 spiro atoms. The van der Waals surface area contributed by atoms with Crippen LogP contribution in [0.4, 0.5) is 15.2 Å². The van der Waals surface area contributed by atoms with E-state index in [4.69, 9.17) is 5.73 Å². The van der Waals surface area contributed by atoms with Gasteiger partial charge in [0.25, 0.3) is 0 Å². The van der Waals surface area contributed by atoms with Crippen molar-refractivity contribution in [3.63, 3.8) is 0 Å². The van der Waals surface area contributed by atoms with Crippen LogP contribution in [0.15, 0.2) is 29.6 Å². The lowest BCUT2D eigenvalue weighted by atomic mass is 10.1. The highest BCUT2D eigenvalue weighted by molar-refractivity contribution is 7.13. The van der Waals surface area contributed by atoms with Gasteiger partial charge in [0.15, 0.2) is 5.13 Å². The van der Waals surface area contributed by atoms with Crippen LogP contribution in [0.1, 0.15) is 18.5 Å². The Hall–Kier alpha value is -2.48. The van der Waals surface area contributed by atoms with Crippen LogP contribution >= 0.6 is 11.3 Å². The summed E-state index contributed by atoms with van der Waals surface area (Å²) in [7, 11) is 0. The van der Waals surface area contributed by atoms with E-state index in [0.717, 1.165) is 18.5 Å². The number of nitrogens with two attached hydrogens (primary N) is 1. The predicted octanol–water partition coefficient (Wildman–Crippen LogP) is 1.97. The molecule has 2 heterocycles. The van der Waals surface area contributed by atoms with Gasteiger partial charge in [-0.25, -0.2) is 9.37 Å². The summed E-state index contributed by atoms with van der Waals surface area (Å²) < 4.78 is 13.3. The Morgan fingerprint density at radius 2 is 2.32 bits per heavy atom. The van der Waals surface area contributed by atoms with Crippen LogP contribution < -0.4 is 16.0 Å². The topological polar surface area (TPSA) is 88.3 Å². The van der Waals surface area contributed by atoms with Crippen molar-refractivity contribution in [3.8, 4) is 0 Å². The number of aromatic nitrogens is 1. The zero-order chi connectivity index (χ0) is 17.8. The normalized spacial score (nSPS) is 17.1. The lowest BCUT2D eigenvalue weighted by molar-refractivity contribution is -0.126. The lowest BCUT2D eigenvalue weighted by Gasteiger charge is -2.16. The number of anilines is 2. The van der Waals surface area contributed by atoms with E-state index >= 15 is 0 Å². The second-order valence-corrected chi connectivity index (χ2v) is 6.85. The average molecular weight is 362 g/mol. The third-order valence-corrected chi connectivity index (χ3v) is 4.82. The molecule has 0 aliphatic carbocycles. The third kappa shape index (κ3) is 4.33. The zero-order valence-corrected chi connectivity index (χ0v) is 14.4. The lowest BCUT2D eigenvalue weighted by Crippen LogP contribution is -2.33. The Morgan fingerprint density at radius 3 is 3.04 bits per heavy atom. The summed E-state index contributed by atoms with van der Waals surface area (Å²) in [5, 5.41) is 5.31. The fourth-order valence-electron chi connectivity index (χ4n) is 2.84. The van der Waals surface area contributed by atoms with Crippen LogP contribution in [-0.2, 0) is 16.0 Å². The number of benzene rings is 1. The first-order valence-electron chi connectivity index (χ1n) is 8.06. The number of carbonyl (C=O) groups excluding carboxylic acids is 2. The number of hydrogen-bond acceptors (Lipinski definition) is 5. The Labute approximate surface area is 148 Å². The first-order valence-corrected chi connectivity index (χ1v) is 8.94. The summed E-state index contributed by atoms with van der Waals surface area (Å²) in [4.78, 5) is 30.0. The molecule has 1 aliphatic rings. The Balaban J connectivity index is 1.47. The van der Waals surface area contributed by atoms with Crippen molar-refractivity contribution in [2.75, 3.05) is 23.7 Å². The molecule has 6 nitrogen and oxygen atoms in total. The number of nitrogen functional groups attached to an aromatic ring is 1. The smallest absolute Gasteiger partial charge is 0.227 e. The summed E-state index contributed by atoms with van der Waals surface area (Å²) in [5.74, 6) is -1.12. The molecular formula is C17H19FN4O2S. The molecule has 1 aromatic carbocycles. The standard InChI is InChI=1S/C17H19FN4O2S/c18-12-3-1-5-14(8-12)22-9-11(7-15(22)23)16(24)20-6-2-4-13-10-25-17(19)21-13/h1,3,5,8,10-11H,2,4,6-7,9H2,(H2,19,21)(H,20,24)/t11-/m1/s1. The molecule has 1 saturated heterocycles. The molecule has 1 aromatic heterocycles. The van der Waals surface area contributed by atoms with E-state index in [9.17, 15) is 14.0 Å². The zero-order valence-electron chi connectivity index (χ0n) is 13.6. The molecule has 1 fully saturated rings. The van der Waals surface area contributed by atoms with Crippen molar-refractivity contribution in [1.82, 2.24) is 10.3 Å². The first-order chi connectivity index (χ1) is 12.0. The van der Waals surface area contributed by atoms with E-state index < -0.39 is 11.7 Å². The van der Waals surface area contributed by atoms with Crippen molar-refractivity contribution < 1.29 is 14.0 Å². The monoisotopic (exact) mass is 362 g/mol. The van der Waals surface area contributed by atoms with Gasteiger partial charge in [-0.05, 0) is 31.0 Å². The third-order valence-electron chi connectivity index (χ3n) is 4.09. The van der Waals surface area contributed by atoms with E-state index in [1.165, 1.54) is 28.4 Å². The molecule has 3 N–H and O–H groups in total. The summed E-state index contributed by atoms with van der Waals surface area (Å²) in [6.07, 6.45) is 1.64. The van der Waals surface area contributed by atoms with Gasteiger partial charge in [0.1, 0.15) is 5.82 Å². The van der Waals surface area contributed by atoms with Gasteiger partial charge in [-0.3, -0.25) is 9.59 Å². The van der Waals surface area contributed by atoms with Crippen molar-refractivity contribution in [3.05, 3.63) is 41.2 Å². The van der Waals surface area contributed by atoms with Gasteiger partial charge in [0.05, 0.1) is 11.6 Å². The van der Waals surface area contributed by atoms with Gasteiger partial charge < -0.3 is 16.0 Å². The summed E-state index contributed by atoms with van der Waals surface area (Å²) in [6, 6.07) is 5.85. The number of amides is 2. The summed E-state index contributed by atoms with van der Waals surface area (Å²) in [6.45, 7) is 0.789. The highest BCUT2D eigenvalue weighted by Crippen LogP contribution is 2.25. The fraction of sp³-hybridized carbons (Fsp3) is 0.353. The van der Waals surface area contributed by atoms with Gasteiger partial charge in [-0.1, -0.05) is 6.07 Å². The van der Waals surface area contributed by atoms with Gasteiger partial charge in [0, 0.05) is 30.6 Å². The first kappa shape index (κ1) is 17.3. The molecule has 0 saturated carbocycles. The van der Waals surface area contributed by atoms with Crippen molar-refractivity contribution in [2.45, 2.75) is 19.3 Å². The number of halogens is 1. The molecule has 2 amide bonds. The highest BCUT2D eigenvalue weighted by atomic mass is 32.1. The van der Waals surface area contributed by atoms with E-state index in [0.29, 0.717) is 17.4 Å². The number of nitrogens with one attached hydrogen (secondary N) is 1. The SMILES string of the molecule is Nc1nc(CCCNC(=O)[C@@H]2CC(=O)N(c3cccc(F)c3)C2)cs1. The Kier molecular flexibility index (Phi) is 5.28. The molecule has 132 valence electrons. The van der Waals surface area contributed by atoms with Gasteiger partial charge in [-0.2, -0.15) is 0 Å².